The van der Waals surface area contributed by atoms with Crippen LogP contribution in [0.2, 0.25) is 0 Å². The second-order valence-corrected chi connectivity index (χ2v) is 9.97. The summed E-state index contributed by atoms with van der Waals surface area (Å²) in [6, 6.07) is 2.15. The molecule has 2 aromatic heterocycles. The van der Waals surface area contributed by atoms with Gasteiger partial charge in [0.1, 0.15) is 5.65 Å². The molecule has 4 heterocycles. The molecule has 8 rings (SSSR count). The molecule has 29 heavy (non-hydrogen) atoms. The van der Waals surface area contributed by atoms with Crippen LogP contribution in [0.1, 0.15) is 44.1 Å². The van der Waals surface area contributed by atoms with E-state index < -0.39 is 0 Å². The molecule has 4 unspecified atom stereocenters. The van der Waals surface area contributed by atoms with Gasteiger partial charge in [0.05, 0.1) is 11.8 Å². The Morgan fingerprint density at radius 3 is 2.93 bits per heavy atom. The van der Waals surface area contributed by atoms with Gasteiger partial charge in [0.25, 0.3) is 0 Å². The molecule has 0 amide bonds. The molecule has 6 atom stereocenters. The predicted molar refractivity (Wildman–Crippen MR) is 112 cm³/mol. The summed E-state index contributed by atoms with van der Waals surface area (Å²) in [6.07, 6.45) is 10.8. The highest BCUT2D eigenvalue weighted by Crippen LogP contribution is 2.55. The molecule has 4 bridgehead atoms. The normalized spacial score (nSPS) is 38.0. The summed E-state index contributed by atoms with van der Waals surface area (Å²) in [4.78, 5) is 10.1. The number of aromatic amines is 1. The minimum absolute atomic E-state index is 0.112. The van der Waals surface area contributed by atoms with E-state index in [4.69, 9.17) is 9.76 Å². The number of fused-ring (bicyclic) bond motifs is 6. The van der Waals surface area contributed by atoms with Crippen LogP contribution in [0.5, 0.6) is 0 Å². The Hall–Kier alpha value is -1.86. The van der Waals surface area contributed by atoms with Crippen molar-refractivity contribution >= 4 is 29.3 Å². The van der Waals surface area contributed by atoms with Crippen LogP contribution in [0.25, 0.3) is 11.0 Å². The van der Waals surface area contributed by atoms with E-state index in [1.54, 1.807) is 0 Å². The Balaban J connectivity index is 1.42. The molecule has 2 aromatic rings. The van der Waals surface area contributed by atoms with Crippen molar-refractivity contribution in [3.8, 4) is 0 Å². The summed E-state index contributed by atoms with van der Waals surface area (Å²) in [5, 5.41) is 17.3. The molecular formula is C22H27BN4O2. The highest BCUT2D eigenvalue weighted by atomic mass is 16.4. The second kappa shape index (κ2) is 6.08. The third-order valence-corrected chi connectivity index (χ3v) is 8.39. The van der Waals surface area contributed by atoms with Crippen LogP contribution in [0.15, 0.2) is 23.6 Å². The fourth-order valence-electron chi connectivity index (χ4n) is 7.38. The van der Waals surface area contributed by atoms with E-state index in [-0.39, 0.29) is 13.2 Å². The molecule has 2 N–H and O–H groups in total. The Morgan fingerprint density at radius 2 is 2.00 bits per heavy atom. The van der Waals surface area contributed by atoms with Gasteiger partial charge in [-0.15, -0.1) is 0 Å². The van der Waals surface area contributed by atoms with Crippen LogP contribution in [0.4, 0.5) is 0 Å². The minimum Gasteiger partial charge on any atom is -0.412 e. The summed E-state index contributed by atoms with van der Waals surface area (Å²) in [5.74, 6) is 2.92. The monoisotopic (exact) mass is 390 g/mol. The second-order valence-electron chi connectivity index (χ2n) is 9.97. The first kappa shape index (κ1) is 16.9. The zero-order valence-corrected chi connectivity index (χ0v) is 16.6. The van der Waals surface area contributed by atoms with Gasteiger partial charge in [0, 0.05) is 47.9 Å². The van der Waals surface area contributed by atoms with Gasteiger partial charge in [-0.3, -0.25) is 0 Å². The Labute approximate surface area is 170 Å². The molecule has 7 heteroatoms. The predicted octanol–water partition coefficient (Wildman–Crippen LogP) is 2.13. The molecule has 0 spiro atoms. The number of hydrogen-bond donors (Lipinski definition) is 2. The number of hydrogen-bond acceptors (Lipinski definition) is 5. The van der Waals surface area contributed by atoms with Crippen molar-refractivity contribution in [3.63, 3.8) is 0 Å². The highest BCUT2D eigenvalue weighted by molar-refractivity contribution is 6.67. The standard InChI is InChI=1S/C22H27BN4O2/c28-18-10-15-8-12-6-13(18)9-14(7-12)19(15)21-20-16-2-3-24-22(16)25-11-17(20)23-27(26-21)4-1-5-29-23/h2-3,11-15,18-19,28H,1,4-10H2,(H,24,25)/t12?,13?,14?,15?,18-,19-/m0/s1. The van der Waals surface area contributed by atoms with Gasteiger partial charge in [0.15, 0.2) is 0 Å². The average molecular weight is 390 g/mol. The van der Waals surface area contributed by atoms with Gasteiger partial charge in [-0.1, -0.05) is 0 Å². The van der Waals surface area contributed by atoms with Crippen molar-refractivity contribution in [2.45, 2.75) is 44.6 Å². The lowest BCUT2D eigenvalue weighted by Gasteiger charge is -2.46. The Morgan fingerprint density at radius 1 is 1.14 bits per heavy atom. The van der Waals surface area contributed by atoms with E-state index in [1.165, 1.54) is 41.4 Å². The number of aliphatic hydroxyl groups is 1. The lowest BCUT2D eigenvalue weighted by molar-refractivity contribution is 0.0629. The van der Waals surface area contributed by atoms with Crippen molar-refractivity contribution in [2.24, 2.45) is 34.7 Å². The quantitative estimate of drug-likeness (QED) is 0.732. The van der Waals surface area contributed by atoms with Gasteiger partial charge in [-0.05, 0) is 68.3 Å². The van der Waals surface area contributed by atoms with Crippen molar-refractivity contribution in [1.82, 2.24) is 14.9 Å². The van der Waals surface area contributed by atoms with E-state index in [0.717, 1.165) is 44.0 Å². The summed E-state index contributed by atoms with van der Waals surface area (Å²) in [6.45, 7) is 1.72. The highest BCUT2D eigenvalue weighted by Gasteiger charge is 2.52. The zero-order chi connectivity index (χ0) is 19.1. The Kier molecular flexibility index (Phi) is 3.54. The molecule has 0 aromatic carbocycles. The molecule has 2 aliphatic heterocycles. The fraction of sp³-hybridized carbons (Fsp3) is 0.636. The van der Waals surface area contributed by atoms with E-state index in [1.807, 2.05) is 12.4 Å². The number of nitrogens with zero attached hydrogens (tertiary/aromatic N) is 3. The Bertz CT molecular complexity index is 1010. The molecule has 0 radical (unpaired) electrons. The smallest absolute Gasteiger partial charge is 0.412 e. The van der Waals surface area contributed by atoms with Crippen LogP contribution < -0.4 is 5.46 Å². The SMILES string of the molecule is O[C@H]1CC2CC3CC(CC1C3)[C@@H]2C1=NN2CCCOB2c2cnc3[nH]ccc3c21. The number of pyridine rings is 1. The van der Waals surface area contributed by atoms with Crippen molar-refractivity contribution < 1.29 is 9.76 Å². The molecule has 150 valence electrons. The molecule has 5 fully saturated rings. The van der Waals surface area contributed by atoms with Crippen molar-refractivity contribution in [2.75, 3.05) is 13.2 Å². The third kappa shape index (κ3) is 2.37. The minimum atomic E-state index is -0.128. The van der Waals surface area contributed by atoms with E-state index in [2.05, 4.69) is 21.0 Å². The summed E-state index contributed by atoms with van der Waals surface area (Å²) < 4.78 is 6.16. The number of H-pyrrole nitrogens is 1. The summed E-state index contributed by atoms with van der Waals surface area (Å²) in [5.41, 5.74) is 4.61. The van der Waals surface area contributed by atoms with E-state index in [9.17, 15) is 5.11 Å². The molecule has 1 saturated heterocycles. The maximum atomic E-state index is 10.8. The van der Waals surface area contributed by atoms with Crippen LogP contribution in [0, 0.1) is 29.6 Å². The molecule has 4 saturated carbocycles. The topological polar surface area (TPSA) is 73.7 Å². The fourth-order valence-corrected chi connectivity index (χ4v) is 7.38. The van der Waals surface area contributed by atoms with Crippen molar-refractivity contribution in [1.29, 1.82) is 0 Å². The number of hydrazone groups is 1. The van der Waals surface area contributed by atoms with Crippen LogP contribution in [-0.2, 0) is 4.65 Å². The van der Waals surface area contributed by atoms with Crippen LogP contribution in [-0.4, -0.2) is 52.0 Å². The van der Waals surface area contributed by atoms with Gasteiger partial charge in [0.2, 0.25) is 0 Å². The zero-order valence-electron chi connectivity index (χ0n) is 16.6. The number of rotatable bonds is 1. The lowest BCUT2D eigenvalue weighted by atomic mass is 9.58. The first-order valence-corrected chi connectivity index (χ1v) is 11.4. The van der Waals surface area contributed by atoms with Gasteiger partial charge in [-0.25, -0.2) is 4.98 Å². The van der Waals surface area contributed by atoms with E-state index >= 15 is 0 Å². The molecule has 4 aliphatic carbocycles. The van der Waals surface area contributed by atoms with Crippen LogP contribution >= 0.6 is 0 Å². The van der Waals surface area contributed by atoms with Crippen LogP contribution in [0.3, 0.4) is 0 Å². The first-order valence-electron chi connectivity index (χ1n) is 11.4. The van der Waals surface area contributed by atoms with E-state index in [0.29, 0.717) is 23.7 Å². The van der Waals surface area contributed by atoms with Gasteiger partial charge in [-0.2, -0.15) is 5.10 Å². The molecule has 6 aliphatic rings. The van der Waals surface area contributed by atoms with Gasteiger partial charge < -0.3 is 19.7 Å². The van der Waals surface area contributed by atoms with Gasteiger partial charge >= 0.3 is 7.05 Å². The molecular weight excluding hydrogens is 363 g/mol. The number of aromatic nitrogens is 2. The average Bonchev–Trinajstić information content (AvgIpc) is 3.15. The number of aliphatic hydroxyl groups excluding tert-OH is 1. The number of nitrogens with one attached hydrogen (secondary N) is 1. The largest absolute Gasteiger partial charge is 0.471 e. The van der Waals surface area contributed by atoms with Crippen molar-refractivity contribution in [3.05, 3.63) is 24.0 Å². The molecule has 6 nitrogen and oxygen atoms in total. The summed E-state index contributed by atoms with van der Waals surface area (Å²) in [7, 11) is -0.112. The maximum Gasteiger partial charge on any atom is 0.471 e. The lowest BCUT2D eigenvalue weighted by Crippen LogP contribution is -2.58. The maximum absolute atomic E-state index is 10.8. The third-order valence-electron chi connectivity index (χ3n) is 8.39. The first-order chi connectivity index (χ1) is 14.3. The summed E-state index contributed by atoms with van der Waals surface area (Å²) >= 11 is 0.